The van der Waals surface area contributed by atoms with Gasteiger partial charge in [0.25, 0.3) is 0 Å². The molecule has 3 heteroatoms. The molecule has 0 saturated heterocycles. The van der Waals surface area contributed by atoms with Crippen molar-refractivity contribution in [2.24, 2.45) is 5.92 Å². The topological polar surface area (TPSA) is 45.0 Å². The molecule has 96 valence electrons. The van der Waals surface area contributed by atoms with Crippen LogP contribution in [0.25, 0.3) is 0 Å². The molecule has 0 aromatic carbocycles. The number of hydrogen-bond acceptors (Lipinski definition) is 3. The predicted octanol–water partition coefficient (Wildman–Crippen LogP) is 2.62. The summed E-state index contributed by atoms with van der Waals surface area (Å²) >= 11 is 0. The molecule has 0 radical (unpaired) electrons. The minimum absolute atomic E-state index is 0.279. The van der Waals surface area contributed by atoms with Crippen LogP contribution in [0.15, 0.2) is 0 Å². The second-order valence-electron chi connectivity index (χ2n) is 5.49. The van der Waals surface area contributed by atoms with Crippen molar-refractivity contribution in [1.82, 2.24) is 5.32 Å². The minimum Gasteiger partial charge on any atom is -0.378 e. The smallest absolute Gasteiger partial charge is 0.109 e. The van der Waals surface area contributed by atoms with E-state index in [1.165, 1.54) is 38.5 Å². The van der Waals surface area contributed by atoms with Crippen LogP contribution in [0.1, 0.15) is 51.4 Å². The predicted molar refractivity (Wildman–Crippen MR) is 67.6 cm³/mol. The van der Waals surface area contributed by atoms with Crippen LogP contribution in [0.3, 0.4) is 0 Å². The molecule has 0 aliphatic heterocycles. The summed E-state index contributed by atoms with van der Waals surface area (Å²) in [4.78, 5) is 0. The zero-order valence-electron chi connectivity index (χ0n) is 10.9. The highest BCUT2D eigenvalue weighted by Crippen LogP contribution is 2.37. The second-order valence-corrected chi connectivity index (χ2v) is 5.49. The summed E-state index contributed by atoms with van der Waals surface area (Å²) in [6.45, 7) is 0.834. The first-order valence-corrected chi connectivity index (χ1v) is 7.02. The maximum Gasteiger partial charge on any atom is 0.109 e. The number of ether oxygens (including phenoxy) is 1. The lowest BCUT2D eigenvalue weighted by atomic mass is 9.86. The molecule has 2 atom stereocenters. The van der Waals surface area contributed by atoms with E-state index in [1.807, 2.05) is 7.05 Å². The van der Waals surface area contributed by atoms with E-state index in [0.29, 0.717) is 12.0 Å². The monoisotopic (exact) mass is 236 g/mol. The molecule has 2 aliphatic rings. The third-order valence-electron chi connectivity index (χ3n) is 4.59. The Bertz CT molecular complexity index is 280. The number of rotatable bonds is 5. The standard InChI is InChI=1S/C14H24N2O/c1-16-14(11-15)9-4-5-12(14)8-10-17-13-6-2-3-7-13/h12-13,16H,2-10H2,1H3. The van der Waals surface area contributed by atoms with Gasteiger partial charge in [-0.25, -0.2) is 0 Å². The van der Waals surface area contributed by atoms with Gasteiger partial charge in [0.1, 0.15) is 5.54 Å². The average molecular weight is 236 g/mol. The quantitative estimate of drug-likeness (QED) is 0.798. The molecule has 3 nitrogen and oxygen atoms in total. The summed E-state index contributed by atoms with van der Waals surface area (Å²) in [5.74, 6) is 0.471. The van der Waals surface area contributed by atoms with Crippen LogP contribution in [0.5, 0.6) is 0 Å². The summed E-state index contributed by atoms with van der Waals surface area (Å²) in [7, 11) is 1.92. The van der Waals surface area contributed by atoms with Crippen LogP contribution in [0, 0.1) is 17.2 Å². The van der Waals surface area contributed by atoms with Crippen molar-refractivity contribution in [3.05, 3.63) is 0 Å². The molecule has 2 unspecified atom stereocenters. The molecule has 1 N–H and O–H groups in total. The SMILES string of the molecule is CNC1(C#N)CCCC1CCOC1CCCC1. The lowest BCUT2D eigenvalue weighted by Crippen LogP contribution is -2.45. The van der Waals surface area contributed by atoms with E-state index in [1.54, 1.807) is 0 Å². The van der Waals surface area contributed by atoms with Crippen LogP contribution in [0.2, 0.25) is 0 Å². The van der Waals surface area contributed by atoms with Gasteiger partial charge in [0.15, 0.2) is 0 Å². The van der Waals surface area contributed by atoms with Gasteiger partial charge in [-0.3, -0.25) is 0 Å². The molecule has 2 aliphatic carbocycles. The van der Waals surface area contributed by atoms with Crippen molar-refractivity contribution in [1.29, 1.82) is 5.26 Å². The highest BCUT2D eigenvalue weighted by molar-refractivity contribution is 5.13. The molecule has 2 fully saturated rings. The summed E-state index contributed by atoms with van der Waals surface area (Å²) < 4.78 is 5.91. The summed E-state index contributed by atoms with van der Waals surface area (Å²) in [5.41, 5.74) is -0.279. The molecule has 0 amide bonds. The lowest BCUT2D eigenvalue weighted by Gasteiger charge is -2.28. The van der Waals surface area contributed by atoms with Crippen molar-refractivity contribution < 1.29 is 4.74 Å². The molecule has 0 aromatic heterocycles. The summed E-state index contributed by atoms with van der Waals surface area (Å²) in [6, 6.07) is 2.49. The van der Waals surface area contributed by atoms with Crippen molar-refractivity contribution in [2.45, 2.75) is 63.0 Å². The van der Waals surface area contributed by atoms with Crippen LogP contribution >= 0.6 is 0 Å². The zero-order valence-corrected chi connectivity index (χ0v) is 10.9. The first-order valence-electron chi connectivity index (χ1n) is 7.02. The van der Waals surface area contributed by atoms with E-state index in [4.69, 9.17) is 4.74 Å². The number of nitrogens with one attached hydrogen (secondary N) is 1. The number of nitrogens with zero attached hydrogens (tertiary/aromatic N) is 1. The zero-order chi connectivity index (χ0) is 12.1. The number of hydrogen-bond donors (Lipinski definition) is 1. The Morgan fingerprint density at radius 1 is 1.29 bits per heavy atom. The second kappa shape index (κ2) is 5.84. The molecule has 2 saturated carbocycles. The van der Waals surface area contributed by atoms with Crippen molar-refractivity contribution in [3.63, 3.8) is 0 Å². The van der Waals surface area contributed by atoms with Gasteiger partial charge in [-0.2, -0.15) is 5.26 Å². The normalized spacial score (nSPS) is 34.0. The molecule has 2 rings (SSSR count). The Labute approximate surface area is 105 Å². The Balaban J connectivity index is 1.76. The van der Waals surface area contributed by atoms with Gasteiger partial charge in [-0.1, -0.05) is 19.3 Å². The molecular formula is C14H24N2O. The highest BCUT2D eigenvalue weighted by Gasteiger charge is 2.41. The van der Waals surface area contributed by atoms with Crippen LogP contribution in [-0.4, -0.2) is 25.3 Å². The van der Waals surface area contributed by atoms with Gasteiger partial charge < -0.3 is 10.1 Å². The van der Waals surface area contributed by atoms with E-state index < -0.39 is 0 Å². The number of nitriles is 1. The van der Waals surface area contributed by atoms with Gasteiger partial charge in [0, 0.05) is 6.61 Å². The first kappa shape index (κ1) is 12.9. The highest BCUT2D eigenvalue weighted by atomic mass is 16.5. The third-order valence-corrected chi connectivity index (χ3v) is 4.59. The Morgan fingerprint density at radius 2 is 2.06 bits per heavy atom. The van der Waals surface area contributed by atoms with Crippen molar-refractivity contribution >= 4 is 0 Å². The fourth-order valence-electron chi connectivity index (χ4n) is 3.43. The van der Waals surface area contributed by atoms with Crippen LogP contribution in [-0.2, 0) is 4.74 Å². The molecule has 0 bridgehead atoms. The van der Waals surface area contributed by atoms with Gasteiger partial charge in [-0.15, -0.1) is 0 Å². The van der Waals surface area contributed by atoms with Gasteiger partial charge in [0.05, 0.1) is 12.2 Å². The Kier molecular flexibility index (Phi) is 4.42. The summed E-state index contributed by atoms with van der Waals surface area (Å²) in [6.07, 6.45) is 9.99. The van der Waals surface area contributed by atoms with Crippen molar-refractivity contribution in [3.8, 4) is 6.07 Å². The molecule has 0 aromatic rings. The van der Waals surface area contributed by atoms with E-state index in [0.717, 1.165) is 19.4 Å². The first-order chi connectivity index (χ1) is 8.30. The van der Waals surface area contributed by atoms with Gasteiger partial charge in [0.2, 0.25) is 0 Å². The van der Waals surface area contributed by atoms with Crippen LogP contribution < -0.4 is 5.32 Å². The maximum absolute atomic E-state index is 9.34. The largest absolute Gasteiger partial charge is 0.378 e. The van der Waals surface area contributed by atoms with E-state index >= 15 is 0 Å². The average Bonchev–Trinajstić information content (AvgIpc) is 2.99. The fraction of sp³-hybridized carbons (Fsp3) is 0.929. The summed E-state index contributed by atoms with van der Waals surface area (Å²) in [5, 5.41) is 12.6. The van der Waals surface area contributed by atoms with Gasteiger partial charge in [-0.05, 0) is 45.1 Å². The van der Waals surface area contributed by atoms with Gasteiger partial charge >= 0.3 is 0 Å². The third kappa shape index (κ3) is 2.81. The molecule has 0 heterocycles. The Morgan fingerprint density at radius 3 is 2.71 bits per heavy atom. The maximum atomic E-state index is 9.34. The van der Waals surface area contributed by atoms with E-state index in [-0.39, 0.29) is 5.54 Å². The fourth-order valence-corrected chi connectivity index (χ4v) is 3.43. The van der Waals surface area contributed by atoms with E-state index in [9.17, 15) is 5.26 Å². The lowest BCUT2D eigenvalue weighted by molar-refractivity contribution is 0.0455. The molecule has 17 heavy (non-hydrogen) atoms. The molecular weight excluding hydrogens is 212 g/mol. The van der Waals surface area contributed by atoms with E-state index in [2.05, 4.69) is 11.4 Å². The Hall–Kier alpha value is -0.590. The minimum atomic E-state index is -0.279. The van der Waals surface area contributed by atoms with Crippen molar-refractivity contribution in [2.75, 3.05) is 13.7 Å². The molecule has 0 spiro atoms. The van der Waals surface area contributed by atoms with Crippen LogP contribution in [0.4, 0.5) is 0 Å².